The monoisotopic (exact) mass is 445 g/mol. The van der Waals surface area contributed by atoms with Crippen molar-refractivity contribution in [2.45, 2.75) is 26.7 Å². The number of nitrogens with zero attached hydrogens (tertiary/aromatic N) is 2. The number of carbonyl (C=O) groups is 1. The molecule has 1 N–H and O–H groups in total. The van der Waals surface area contributed by atoms with Gasteiger partial charge < -0.3 is 14.5 Å². The molecule has 4 rings (SSSR count). The fraction of sp³-hybridized carbons (Fsp3) is 0.200. The van der Waals surface area contributed by atoms with Crippen molar-refractivity contribution in [2.75, 3.05) is 12.4 Å². The Labute approximate surface area is 190 Å². The van der Waals surface area contributed by atoms with Gasteiger partial charge in [0.1, 0.15) is 5.52 Å². The van der Waals surface area contributed by atoms with E-state index in [0.717, 1.165) is 11.1 Å². The molecule has 1 heterocycles. The largest absolute Gasteiger partial charge is 0.490 e. The molecule has 0 aliphatic rings. The van der Waals surface area contributed by atoms with Crippen LogP contribution < -0.4 is 10.1 Å². The predicted molar refractivity (Wildman–Crippen MR) is 126 cm³/mol. The van der Waals surface area contributed by atoms with Crippen molar-refractivity contribution in [2.24, 2.45) is 0 Å². The number of oxazole rings is 1. The molecule has 3 aromatic carbocycles. The fourth-order valence-corrected chi connectivity index (χ4v) is 3.49. The second-order valence-electron chi connectivity index (χ2n) is 8.03. The standard InChI is InChI=1S/C25H23N3O5/c1-14(2)16-7-9-22-20(11-16)27-25(33-22)18-6-5-15(3)19(12-18)26-24(29)17-8-10-23(32-4)21(13-17)28(30)31/h5-14H,1-4H3,(H,26,29). The lowest BCUT2D eigenvalue weighted by molar-refractivity contribution is -0.385. The zero-order valence-corrected chi connectivity index (χ0v) is 18.7. The van der Waals surface area contributed by atoms with Crippen LogP contribution >= 0.6 is 0 Å². The summed E-state index contributed by atoms with van der Waals surface area (Å²) in [4.78, 5) is 28.1. The summed E-state index contributed by atoms with van der Waals surface area (Å²) >= 11 is 0. The highest BCUT2D eigenvalue weighted by Gasteiger charge is 2.19. The van der Waals surface area contributed by atoms with Gasteiger partial charge in [-0.05, 0) is 60.4 Å². The highest BCUT2D eigenvalue weighted by molar-refractivity contribution is 6.05. The number of methoxy groups -OCH3 is 1. The molecule has 0 aliphatic carbocycles. The molecule has 0 bridgehead atoms. The minimum atomic E-state index is -0.584. The number of ether oxygens (including phenoxy) is 1. The van der Waals surface area contributed by atoms with Crippen LogP contribution in [0.4, 0.5) is 11.4 Å². The van der Waals surface area contributed by atoms with E-state index >= 15 is 0 Å². The van der Waals surface area contributed by atoms with E-state index in [4.69, 9.17) is 9.15 Å². The van der Waals surface area contributed by atoms with Gasteiger partial charge in [0, 0.05) is 22.9 Å². The molecular formula is C25H23N3O5. The van der Waals surface area contributed by atoms with E-state index in [2.05, 4.69) is 24.1 Å². The summed E-state index contributed by atoms with van der Waals surface area (Å²) in [5, 5.41) is 14.1. The van der Waals surface area contributed by atoms with Gasteiger partial charge in [0.25, 0.3) is 5.91 Å². The molecule has 168 valence electrons. The Hall–Kier alpha value is -4.20. The average Bonchev–Trinajstić information content (AvgIpc) is 3.23. The Kier molecular flexibility index (Phi) is 5.83. The number of nitro benzene ring substituents is 1. The molecule has 0 atom stereocenters. The minimum absolute atomic E-state index is 0.0892. The van der Waals surface area contributed by atoms with Crippen LogP contribution in [-0.2, 0) is 0 Å². The molecule has 0 radical (unpaired) electrons. The van der Waals surface area contributed by atoms with Gasteiger partial charge in [-0.15, -0.1) is 0 Å². The first kappa shape index (κ1) is 22.0. The first-order valence-corrected chi connectivity index (χ1v) is 10.4. The SMILES string of the molecule is COc1ccc(C(=O)Nc2cc(-c3nc4cc(C(C)C)ccc4o3)ccc2C)cc1[N+](=O)[O-]. The van der Waals surface area contributed by atoms with Gasteiger partial charge in [0.15, 0.2) is 11.3 Å². The first-order chi connectivity index (χ1) is 15.8. The summed E-state index contributed by atoms with van der Waals surface area (Å²) in [7, 11) is 1.34. The number of hydrogen-bond acceptors (Lipinski definition) is 6. The fourth-order valence-electron chi connectivity index (χ4n) is 3.49. The molecule has 4 aromatic rings. The van der Waals surface area contributed by atoms with E-state index in [-0.39, 0.29) is 17.0 Å². The minimum Gasteiger partial charge on any atom is -0.490 e. The Morgan fingerprint density at radius 2 is 1.91 bits per heavy atom. The van der Waals surface area contributed by atoms with Crippen LogP contribution in [0.3, 0.4) is 0 Å². The van der Waals surface area contributed by atoms with E-state index in [1.807, 2.05) is 37.3 Å². The number of hydrogen-bond donors (Lipinski definition) is 1. The van der Waals surface area contributed by atoms with Crippen molar-refractivity contribution < 1.29 is 18.9 Å². The molecule has 0 unspecified atom stereocenters. The number of carbonyl (C=O) groups excluding carboxylic acids is 1. The first-order valence-electron chi connectivity index (χ1n) is 10.4. The molecule has 0 saturated carbocycles. The van der Waals surface area contributed by atoms with E-state index in [0.29, 0.717) is 28.6 Å². The third-order valence-corrected chi connectivity index (χ3v) is 5.45. The third-order valence-electron chi connectivity index (χ3n) is 5.45. The van der Waals surface area contributed by atoms with Gasteiger partial charge >= 0.3 is 5.69 Å². The summed E-state index contributed by atoms with van der Waals surface area (Å²) in [5.74, 6) is 0.442. The molecule has 33 heavy (non-hydrogen) atoms. The number of aryl methyl sites for hydroxylation is 1. The van der Waals surface area contributed by atoms with Gasteiger partial charge in [-0.25, -0.2) is 4.98 Å². The molecule has 1 amide bonds. The van der Waals surface area contributed by atoms with E-state index < -0.39 is 10.8 Å². The number of nitro groups is 1. The maximum absolute atomic E-state index is 12.8. The van der Waals surface area contributed by atoms with Crippen molar-refractivity contribution in [1.29, 1.82) is 0 Å². The molecule has 0 spiro atoms. The lowest BCUT2D eigenvalue weighted by Crippen LogP contribution is -2.13. The number of aromatic nitrogens is 1. The van der Waals surface area contributed by atoms with Crippen LogP contribution in [0.5, 0.6) is 5.75 Å². The molecule has 8 heteroatoms. The molecule has 0 aliphatic heterocycles. The second-order valence-corrected chi connectivity index (χ2v) is 8.03. The van der Waals surface area contributed by atoms with Gasteiger partial charge in [0.05, 0.1) is 12.0 Å². The average molecular weight is 445 g/mol. The molecule has 0 fully saturated rings. The van der Waals surface area contributed by atoms with Crippen molar-refractivity contribution >= 4 is 28.4 Å². The number of fused-ring (bicyclic) bond motifs is 1. The molecule has 0 saturated heterocycles. The van der Waals surface area contributed by atoms with Gasteiger partial charge in [-0.3, -0.25) is 14.9 Å². The molecule has 8 nitrogen and oxygen atoms in total. The Bertz CT molecular complexity index is 1370. The van der Waals surface area contributed by atoms with Gasteiger partial charge in [0.2, 0.25) is 5.89 Å². The van der Waals surface area contributed by atoms with Crippen molar-refractivity contribution in [3.8, 4) is 17.2 Å². The maximum atomic E-state index is 12.8. The van der Waals surface area contributed by atoms with Crippen LogP contribution in [0, 0.1) is 17.0 Å². The van der Waals surface area contributed by atoms with E-state index in [9.17, 15) is 14.9 Å². The van der Waals surface area contributed by atoms with Gasteiger partial charge in [-0.2, -0.15) is 0 Å². The Morgan fingerprint density at radius 3 is 2.61 bits per heavy atom. The highest BCUT2D eigenvalue weighted by atomic mass is 16.6. The lowest BCUT2D eigenvalue weighted by atomic mass is 10.0. The lowest BCUT2D eigenvalue weighted by Gasteiger charge is -2.10. The normalized spacial score (nSPS) is 11.1. The molecular weight excluding hydrogens is 422 g/mol. The third kappa shape index (κ3) is 4.41. The maximum Gasteiger partial charge on any atom is 0.311 e. The highest BCUT2D eigenvalue weighted by Crippen LogP contribution is 2.31. The number of nitrogens with one attached hydrogen (secondary N) is 1. The summed E-state index contributed by atoms with van der Waals surface area (Å²) < 4.78 is 10.9. The van der Waals surface area contributed by atoms with E-state index in [1.165, 1.54) is 30.9 Å². The molecule has 1 aromatic heterocycles. The summed E-state index contributed by atoms with van der Waals surface area (Å²) in [6, 6.07) is 15.5. The van der Waals surface area contributed by atoms with Gasteiger partial charge in [-0.1, -0.05) is 26.0 Å². The van der Waals surface area contributed by atoms with Crippen LogP contribution in [0.1, 0.15) is 41.3 Å². The van der Waals surface area contributed by atoms with Crippen molar-refractivity contribution in [3.05, 3.63) is 81.4 Å². The van der Waals surface area contributed by atoms with Crippen molar-refractivity contribution in [3.63, 3.8) is 0 Å². The summed E-state index contributed by atoms with van der Waals surface area (Å²) in [5.41, 5.74) is 4.60. The van der Waals surface area contributed by atoms with Crippen LogP contribution in [0.25, 0.3) is 22.6 Å². The number of rotatable bonds is 6. The topological polar surface area (TPSA) is 108 Å². The van der Waals surface area contributed by atoms with Crippen molar-refractivity contribution in [1.82, 2.24) is 4.98 Å². The number of amides is 1. The Morgan fingerprint density at radius 1 is 1.12 bits per heavy atom. The zero-order chi connectivity index (χ0) is 23.7. The van der Waals surface area contributed by atoms with Crippen LogP contribution in [0.2, 0.25) is 0 Å². The van der Waals surface area contributed by atoms with E-state index in [1.54, 1.807) is 6.07 Å². The predicted octanol–water partition coefficient (Wildman–Crippen LogP) is 6.10. The summed E-state index contributed by atoms with van der Waals surface area (Å²) in [6.45, 7) is 6.10. The Balaban J connectivity index is 1.64. The summed E-state index contributed by atoms with van der Waals surface area (Å²) in [6.07, 6.45) is 0. The smallest absolute Gasteiger partial charge is 0.311 e. The quantitative estimate of drug-likeness (QED) is 0.284. The number of anilines is 1. The van der Waals surface area contributed by atoms with Crippen LogP contribution in [0.15, 0.2) is 59.0 Å². The zero-order valence-electron chi connectivity index (χ0n) is 18.7. The van der Waals surface area contributed by atoms with Crippen LogP contribution in [-0.4, -0.2) is 22.9 Å². The number of benzene rings is 3. The second kappa shape index (κ2) is 8.74.